The van der Waals surface area contributed by atoms with Crippen molar-refractivity contribution in [3.63, 3.8) is 0 Å². The van der Waals surface area contributed by atoms with Crippen LogP contribution in [0.1, 0.15) is 12.0 Å². The molecule has 0 atom stereocenters. The number of hydrogen-bond donors (Lipinski definition) is 1. The molecule has 2 aromatic rings. The first kappa shape index (κ1) is 15.4. The number of fused-ring (bicyclic) bond motifs is 1. The van der Waals surface area contributed by atoms with E-state index in [1.807, 2.05) is 12.1 Å². The molecule has 7 nitrogen and oxygen atoms in total. The third kappa shape index (κ3) is 3.03. The van der Waals surface area contributed by atoms with Crippen LogP contribution in [0.5, 0.6) is 0 Å². The van der Waals surface area contributed by atoms with Crippen molar-refractivity contribution in [1.29, 1.82) is 0 Å². The molecule has 0 fully saturated rings. The number of oxime groups is 1. The molecule has 0 saturated carbocycles. The van der Waals surface area contributed by atoms with Crippen LogP contribution in [0.4, 0.5) is 5.69 Å². The summed E-state index contributed by atoms with van der Waals surface area (Å²) in [4.78, 5) is 22.1. The summed E-state index contributed by atoms with van der Waals surface area (Å²) >= 11 is 0. The van der Waals surface area contributed by atoms with Crippen LogP contribution in [0.15, 0.2) is 41.6 Å². The van der Waals surface area contributed by atoms with Crippen LogP contribution in [-0.2, 0) is 16.0 Å². The van der Waals surface area contributed by atoms with E-state index in [2.05, 4.69) is 9.89 Å². The first-order valence-electron chi connectivity index (χ1n) is 6.52. The molecule has 0 radical (unpaired) electrons. The van der Waals surface area contributed by atoms with Gasteiger partial charge in [0.1, 0.15) is 0 Å². The predicted octanol–water partition coefficient (Wildman–Crippen LogP) is 2.68. The lowest BCUT2D eigenvalue weighted by molar-refractivity contribution is -0.385. The Morgan fingerprint density at radius 1 is 1.32 bits per heavy atom. The summed E-state index contributed by atoms with van der Waals surface area (Å²) in [6.07, 6.45) is 0.226. The standard InChI is InChI=1S/C15H14N2O5/c1-22-15(18)13(16-19)8-7-12-11-5-3-2-4-10(11)6-9-14(12)17(20)21/h2-6,9,19H,7-8H2,1H3. The zero-order valence-corrected chi connectivity index (χ0v) is 11.9. The molecule has 1 N–H and O–H groups in total. The van der Waals surface area contributed by atoms with Crippen molar-refractivity contribution in [3.8, 4) is 0 Å². The van der Waals surface area contributed by atoms with Gasteiger partial charge in [0.25, 0.3) is 5.69 Å². The van der Waals surface area contributed by atoms with E-state index in [0.717, 1.165) is 10.8 Å². The molecule has 0 heterocycles. The Kier molecular flexibility index (Phi) is 4.67. The molecule has 2 aromatic carbocycles. The zero-order valence-electron chi connectivity index (χ0n) is 11.9. The maximum Gasteiger partial charge on any atom is 0.355 e. The number of methoxy groups -OCH3 is 1. The zero-order chi connectivity index (χ0) is 16.1. The van der Waals surface area contributed by atoms with E-state index in [0.29, 0.717) is 5.56 Å². The molecule has 0 aliphatic heterocycles. The molecule has 0 unspecified atom stereocenters. The number of nitrogens with zero attached hydrogens (tertiary/aromatic N) is 2. The minimum Gasteiger partial charge on any atom is -0.464 e. The van der Waals surface area contributed by atoms with E-state index in [4.69, 9.17) is 5.21 Å². The van der Waals surface area contributed by atoms with Crippen molar-refractivity contribution in [2.45, 2.75) is 12.8 Å². The predicted molar refractivity (Wildman–Crippen MR) is 80.2 cm³/mol. The Hall–Kier alpha value is -2.96. The number of carbonyl (C=O) groups excluding carboxylic acids is 1. The number of esters is 1. The molecule has 0 bridgehead atoms. The van der Waals surface area contributed by atoms with Gasteiger partial charge in [-0.25, -0.2) is 4.79 Å². The first-order chi connectivity index (χ1) is 10.6. The summed E-state index contributed by atoms with van der Waals surface area (Å²) in [5.74, 6) is -0.759. The van der Waals surface area contributed by atoms with Gasteiger partial charge in [-0.15, -0.1) is 0 Å². The summed E-state index contributed by atoms with van der Waals surface area (Å²) < 4.78 is 4.49. The fourth-order valence-corrected chi connectivity index (χ4v) is 2.31. The number of carbonyl (C=O) groups is 1. The van der Waals surface area contributed by atoms with E-state index in [-0.39, 0.29) is 24.2 Å². The molecular formula is C15H14N2O5. The third-order valence-electron chi connectivity index (χ3n) is 3.37. The lowest BCUT2D eigenvalue weighted by atomic mass is 9.98. The summed E-state index contributed by atoms with van der Waals surface area (Å²) in [6.45, 7) is 0. The second-order valence-corrected chi connectivity index (χ2v) is 4.58. The molecule has 0 amide bonds. The summed E-state index contributed by atoms with van der Waals surface area (Å²) in [6, 6.07) is 10.4. The van der Waals surface area contributed by atoms with Gasteiger partial charge < -0.3 is 9.94 Å². The van der Waals surface area contributed by atoms with Crippen molar-refractivity contribution >= 4 is 28.1 Å². The Bertz CT molecular complexity index is 755. The second-order valence-electron chi connectivity index (χ2n) is 4.58. The monoisotopic (exact) mass is 302 g/mol. The molecule has 0 spiro atoms. The second kappa shape index (κ2) is 6.66. The highest BCUT2D eigenvalue weighted by molar-refractivity contribution is 6.36. The Morgan fingerprint density at radius 2 is 2.05 bits per heavy atom. The lowest BCUT2D eigenvalue weighted by Crippen LogP contribution is -2.17. The van der Waals surface area contributed by atoms with Crippen molar-refractivity contribution in [1.82, 2.24) is 0 Å². The summed E-state index contributed by atoms with van der Waals surface area (Å²) in [5, 5.41) is 24.6. The van der Waals surface area contributed by atoms with Gasteiger partial charge in [0.2, 0.25) is 0 Å². The maximum absolute atomic E-state index is 11.4. The van der Waals surface area contributed by atoms with Gasteiger partial charge in [-0.05, 0) is 23.3 Å². The van der Waals surface area contributed by atoms with E-state index in [1.165, 1.54) is 13.2 Å². The van der Waals surface area contributed by atoms with Crippen LogP contribution in [0, 0.1) is 10.1 Å². The van der Waals surface area contributed by atoms with Crippen LogP contribution >= 0.6 is 0 Å². The molecule has 22 heavy (non-hydrogen) atoms. The van der Waals surface area contributed by atoms with Crippen LogP contribution in [0.25, 0.3) is 10.8 Å². The molecule has 0 saturated heterocycles. The molecular weight excluding hydrogens is 288 g/mol. The normalized spacial score (nSPS) is 11.4. The van der Waals surface area contributed by atoms with Crippen LogP contribution in [0.3, 0.4) is 0 Å². The Labute approximate surface area is 126 Å². The molecule has 7 heteroatoms. The molecule has 114 valence electrons. The quantitative estimate of drug-likeness (QED) is 0.301. The molecule has 0 aliphatic rings. The lowest BCUT2D eigenvalue weighted by Gasteiger charge is -2.08. The summed E-state index contributed by atoms with van der Waals surface area (Å²) in [5.41, 5.74) is 0.291. The maximum atomic E-state index is 11.4. The number of nitro benzene ring substituents is 1. The molecule has 0 aliphatic carbocycles. The van der Waals surface area contributed by atoms with Gasteiger partial charge in [0, 0.05) is 18.1 Å². The van der Waals surface area contributed by atoms with Gasteiger partial charge >= 0.3 is 5.97 Å². The average molecular weight is 302 g/mol. The van der Waals surface area contributed by atoms with Crippen molar-refractivity contribution in [2.24, 2.45) is 5.16 Å². The topological polar surface area (TPSA) is 102 Å². The number of ether oxygens (including phenoxy) is 1. The largest absolute Gasteiger partial charge is 0.464 e. The van der Waals surface area contributed by atoms with Crippen molar-refractivity contribution in [2.75, 3.05) is 7.11 Å². The van der Waals surface area contributed by atoms with Crippen LogP contribution in [0.2, 0.25) is 0 Å². The number of rotatable bonds is 5. The number of benzene rings is 2. The average Bonchev–Trinajstić information content (AvgIpc) is 2.54. The van der Waals surface area contributed by atoms with Gasteiger partial charge in [-0.2, -0.15) is 0 Å². The highest BCUT2D eigenvalue weighted by atomic mass is 16.6. The van der Waals surface area contributed by atoms with Crippen LogP contribution in [-0.4, -0.2) is 28.9 Å². The van der Waals surface area contributed by atoms with Crippen molar-refractivity contribution < 1.29 is 19.7 Å². The van der Waals surface area contributed by atoms with E-state index in [1.54, 1.807) is 18.2 Å². The van der Waals surface area contributed by atoms with Gasteiger partial charge in [0.05, 0.1) is 12.0 Å². The summed E-state index contributed by atoms with van der Waals surface area (Å²) in [7, 11) is 1.17. The van der Waals surface area contributed by atoms with E-state index >= 15 is 0 Å². The fourth-order valence-electron chi connectivity index (χ4n) is 2.31. The van der Waals surface area contributed by atoms with E-state index < -0.39 is 10.9 Å². The highest BCUT2D eigenvalue weighted by Gasteiger charge is 2.19. The third-order valence-corrected chi connectivity index (χ3v) is 3.37. The van der Waals surface area contributed by atoms with Crippen molar-refractivity contribution in [3.05, 3.63) is 52.1 Å². The minimum atomic E-state index is -0.759. The molecule has 2 rings (SSSR count). The highest BCUT2D eigenvalue weighted by Crippen LogP contribution is 2.29. The SMILES string of the molecule is COC(=O)C(CCc1c([N+](=O)[O-])ccc2ccccc12)=NO. The Morgan fingerprint density at radius 3 is 2.68 bits per heavy atom. The van der Waals surface area contributed by atoms with Crippen LogP contribution < -0.4 is 0 Å². The van der Waals surface area contributed by atoms with Gasteiger partial charge in [-0.1, -0.05) is 29.4 Å². The fraction of sp³-hybridized carbons (Fsp3) is 0.200. The number of aryl methyl sites for hydroxylation is 1. The van der Waals surface area contributed by atoms with Gasteiger partial charge in [-0.3, -0.25) is 10.1 Å². The van der Waals surface area contributed by atoms with Gasteiger partial charge in [0.15, 0.2) is 5.71 Å². The Balaban J connectivity index is 2.42. The smallest absolute Gasteiger partial charge is 0.355 e. The number of hydrogen-bond acceptors (Lipinski definition) is 6. The minimum absolute atomic E-state index is 0.0270. The van der Waals surface area contributed by atoms with E-state index in [9.17, 15) is 14.9 Å². The first-order valence-corrected chi connectivity index (χ1v) is 6.52. The number of nitro groups is 1. The molecule has 0 aromatic heterocycles.